The Balaban J connectivity index is 2.10. The van der Waals surface area contributed by atoms with Crippen LogP contribution in [0.4, 0.5) is 5.82 Å². The van der Waals surface area contributed by atoms with E-state index in [1.54, 1.807) is 0 Å². The van der Waals surface area contributed by atoms with E-state index >= 15 is 0 Å². The maximum Gasteiger partial charge on any atom is 0.180 e. The van der Waals surface area contributed by atoms with Crippen LogP contribution in [0.25, 0.3) is 11.5 Å². The fraction of sp³-hybridized carbons (Fsp3) is 0.500. The summed E-state index contributed by atoms with van der Waals surface area (Å²) < 4.78 is 2.11. The lowest BCUT2D eigenvalue weighted by atomic mass is 10.2. The first-order chi connectivity index (χ1) is 9.70. The van der Waals surface area contributed by atoms with Crippen LogP contribution in [-0.2, 0) is 11.5 Å². The van der Waals surface area contributed by atoms with Gasteiger partial charge in [-0.15, -0.1) is 0 Å². The average Bonchev–Trinajstić information content (AvgIpc) is 3.07. The second-order valence-corrected chi connectivity index (χ2v) is 6.11. The molecule has 5 nitrogen and oxygen atoms in total. The van der Waals surface area contributed by atoms with Crippen LogP contribution < -0.4 is 5.32 Å². The minimum Gasteiger partial charge on any atom is -0.370 e. The highest BCUT2D eigenvalue weighted by atomic mass is 32.2. The molecule has 3 rings (SSSR count). The molecule has 0 fully saturated rings. The van der Waals surface area contributed by atoms with E-state index in [0.717, 1.165) is 41.1 Å². The van der Waals surface area contributed by atoms with Crippen molar-refractivity contribution >= 4 is 17.6 Å². The first-order valence-electron chi connectivity index (χ1n) is 6.94. The molecule has 0 unspecified atom stereocenters. The summed E-state index contributed by atoms with van der Waals surface area (Å²) in [5, 5.41) is 3.36. The van der Waals surface area contributed by atoms with Crippen molar-refractivity contribution in [3.63, 3.8) is 0 Å². The molecule has 0 aliphatic carbocycles. The Morgan fingerprint density at radius 1 is 1.35 bits per heavy atom. The summed E-state index contributed by atoms with van der Waals surface area (Å²) >= 11 is 1.89. The first kappa shape index (κ1) is 13.4. The van der Waals surface area contributed by atoms with Gasteiger partial charge in [-0.2, -0.15) is 11.8 Å². The maximum absolute atomic E-state index is 4.75. The highest BCUT2D eigenvalue weighted by molar-refractivity contribution is 7.98. The number of nitrogens with one attached hydrogen (secondary N) is 1. The van der Waals surface area contributed by atoms with Crippen LogP contribution in [-0.4, -0.2) is 26.1 Å². The number of imidazole rings is 1. The van der Waals surface area contributed by atoms with Gasteiger partial charge in [0.15, 0.2) is 5.82 Å². The van der Waals surface area contributed by atoms with Gasteiger partial charge < -0.3 is 9.88 Å². The standard InChI is InChI=1S/C14H19N5S/c1-4-16-13-10-6-20-7-11(10)17-14(18-13)12-5-15-8-19(12)9(2)3/h5,8-9H,4,6-7H2,1-3H3,(H,16,17,18). The Morgan fingerprint density at radius 2 is 2.20 bits per heavy atom. The number of rotatable bonds is 4. The van der Waals surface area contributed by atoms with Gasteiger partial charge in [0, 0.05) is 29.7 Å². The molecule has 0 amide bonds. The topological polar surface area (TPSA) is 55.6 Å². The quantitative estimate of drug-likeness (QED) is 0.937. The molecule has 1 aliphatic rings. The number of nitrogens with zero attached hydrogens (tertiary/aromatic N) is 4. The number of hydrogen-bond donors (Lipinski definition) is 1. The van der Waals surface area contributed by atoms with Gasteiger partial charge in [-0.1, -0.05) is 0 Å². The molecule has 2 aromatic heterocycles. The van der Waals surface area contributed by atoms with Crippen LogP contribution in [0.1, 0.15) is 38.1 Å². The van der Waals surface area contributed by atoms with E-state index < -0.39 is 0 Å². The molecule has 6 heteroatoms. The molecule has 0 atom stereocenters. The van der Waals surface area contributed by atoms with Crippen molar-refractivity contribution in [1.82, 2.24) is 19.5 Å². The van der Waals surface area contributed by atoms with E-state index in [-0.39, 0.29) is 0 Å². The molecule has 20 heavy (non-hydrogen) atoms. The van der Waals surface area contributed by atoms with Crippen LogP contribution in [0, 0.1) is 0 Å². The molecule has 1 aliphatic heterocycles. The Bertz CT molecular complexity index is 620. The molecule has 0 bridgehead atoms. The number of aromatic nitrogens is 4. The van der Waals surface area contributed by atoms with Crippen LogP contribution in [0.2, 0.25) is 0 Å². The molecule has 2 aromatic rings. The van der Waals surface area contributed by atoms with Gasteiger partial charge in [0.25, 0.3) is 0 Å². The van der Waals surface area contributed by atoms with Gasteiger partial charge in [0.05, 0.1) is 18.2 Å². The van der Waals surface area contributed by atoms with E-state index in [0.29, 0.717) is 6.04 Å². The SMILES string of the molecule is CCNc1nc(-c2cncn2C(C)C)nc2c1CSC2. The minimum absolute atomic E-state index is 0.348. The van der Waals surface area contributed by atoms with Crippen molar-refractivity contribution in [2.45, 2.75) is 38.3 Å². The monoisotopic (exact) mass is 289 g/mol. The zero-order chi connectivity index (χ0) is 14.1. The third kappa shape index (κ3) is 2.28. The van der Waals surface area contributed by atoms with Crippen LogP contribution >= 0.6 is 11.8 Å². The summed E-state index contributed by atoms with van der Waals surface area (Å²) in [5.74, 6) is 3.72. The van der Waals surface area contributed by atoms with E-state index in [9.17, 15) is 0 Å². The third-order valence-corrected chi connectivity index (χ3v) is 4.34. The Morgan fingerprint density at radius 3 is 2.95 bits per heavy atom. The van der Waals surface area contributed by atoms with Gasteiger partial charge in [-0.05, 0) is 20.8 Å². The lowest BCUT2D eigenvalue weighted by Gasteiger charge is -2.13. The van der Waals surface area contributed by atoms with Crippen molar-refractivity contribution in [1.29, 1.82) is 0 Å². The van der Waals surface area contributed by atoms with Crippen molar-refractivity contribution in [3.8, 4) is 11.5 Å². The zero-order valence-electron chi connectivity index (χ0n) is 12.1. The van der Waals surface area contributed by atoms with Gasteiger partial charge in [-0.25, -0.2) is 15.0 Å². The lowest BCUT2D eigenvalue weighted by Crippen LogP contribution is -2.09. The van der Waals surface area contributed by atoms with Crippen LogP contribution in [0.15, 0.2) is 12.5 Å². The van der Waals surface area contributed by atoms with Crippen molar-refractivity contribution < 1.29 is 0 Å². The fourth-order valence-electron chi connectivity index (χ4n) is 2.37. The maximum atomic E-state index is 4.75. The van der Waals surface area contributed by atoms with Crippen molar-refractivity contribution in [2.24, 2.45) is 0 Å². The first-order valence-corrected chi connectivity index (χ1v) is 8.09. The normalized spacial score (nSPS) is 13.8. The summed E-state index contributed by atoms with van der Waals surface area (Å²) in [7, 11) is 0. The highest BCUT2D eigenvalue weighted by Gasteiger charge is 2.21. The zero-order valence-corrected chi connectivity index (χ0v) is 12.9. The van der Waals surface area contributed by atoms with Gasteiger partial charge in [-0.3, -0.25) is 0 Å². The number of anilines is 1. The summed E-state index contributed by atoms with van der Waals surface area (Å²) in [4.78, 5) is 13.7. The van der Waals surface area contributed by atoms with Crippen molar-refractivity contribution in [2.75, 3.05) is 11.9 Å². The molecule has 3 heterocycles. The molecule has 0 saturated carbocycles. The van der Waals surface area contributed by atoms with Crippen molar-refractivity contribution in [3.05, 3.63) is 23.8 Å². The summed E-state index contributed by atoms with van der Waals surface area (Å²) in [5.41, 5.74) is 3.41. The van der Waals surface area contributed by atoms with E-state index in [2.05, 4.69) is 35.6 Å². The van der Waals surface area contributed by atoms with E-state index in [1.807, 2.05) is 24.3 Å². The van der Waals surface area contributed by atoms with Gasteiger partial charge in [0.2, 0.25) is 0 Å². The predicted octanol–water partition coefficient (Wildman–Crippen LogP) is 3.10. The third-order valence-electron chi connectivity index (χ3n) is 3.37. The Hall–Kier alpha value is -1.56. The highest BCUT2D eigenvalue weighted by Crippen LogP contribution is 2.34. The van der Waals surface area contributed by atoms with Crippen LogP contribution in [0.3, 0.4) is 0 Å². The molecule has 0 aromatic carbocycles. The largest absolute Gasteiger partial charge is 0.370 e. The van der Waals surface area contributed by atoms with Gasteiger partial charge >= 0.3 is 0 Å². The Labute approximate surface area is 123 Å². The number of fused-ring (bicyclic) bond motifs is 1. The molecule has 0 saturated heterocycles. The molecule has 0 spiro atoms. The van der Waals surface area contributed by atoms with Crippen LogP contribution in [0.5, 0.6) is 0 Å². The molecule has 106 valence electrons. The smallest absolute Gasteiger partial charge is 0.180 e. The summed E-state index contributed by atoms with van der Waals surface area (Å²) in [6.45, 7) is 7.24. The summed E-state index contributed by atoms with van der Waals surface area (Å²) in [6, 6.07) is 0.348. The van der Waals surface area contributed by atoms with E-state index in [1.165, 1.54) is 5.56 Å². The molecule has 0 radical (unpaired) electrons. The lowest BCUT2D eigenvalue weighted by molar-refractivity contribution is 0.603. The number of thioether (sulfide) groups is 1. The second kappa shape index (κ2) is 5.44. The second-order valence-electron chi connectivity index (χ2n) is 5.12. The number of hydrogen-bond acceptors (Lipinski definition) is 5. The molecule has 1 N–H and O–H groups in total. The minimum atomic E-state index is 0.348. The Kier molecular flexibility index (Phi) is 3.65. The fourth-order valence-corrected chi connectivity index (χ4v) is 3.41. The molecular formula is C14H19N5S. The average molecular weight is 289 g/mol. The van der Waals surface area contributed by atoms with E-state index in [4.69, 9.17) is 9.97 Å². The predicted molar refractivity (Wildman–Crippen MR) is 82.8 cm³/mol. The van der Waals surface area contributed by atoms with Gasteiger partial charge in [0.1, 0.15) is 11.5 Å². The molecular weight excluding hydrogens is 270 g/mol. The summed E-state index contributed by atoms with van der Waals surface area (Å²) in [6.07, 6.45) is 3.69.